The lowest BCUT2D eigenvalue weighted by molar-refractivity contribution is -0.143. The van der Waals surface area contributed by atoms with Gasteiger partial charge in [-0.15, -0.1) is 5.10 Å². The summed E-state index contributed by atoms with van der Waals surface area (Å²) in [5.41, 5.74) is 1.78. The average Bonchev–Trinajstić information content (AvgIpc) is 2.91. The molecule has 0 unspecified atom stereocenters. The Morgan fingerprint density at radius 2 is 2.00 bits per heavy atom. The van der Waals surface area contributed by atoms with Crippen LogP contribution in [0.5, 0.6) is 5.88 Å². The maximum atomic E-state index is 11.5. The highest BCUT2D eigenvalue weighted by molar-refractivity contribution is 6.35. The minimum Gasteiger partial charge on any atom is -0.477 e. The molecular weight excluding hydrogens is 351 g/mol. The third-order valence-corrected chi connectivity index (χ3v) is 3.92. The predicted molar refractivity (Wildman–Crippen MR) is 93.9 cm³/mol. The van der Waals surface area contributed by atoms with Crippen LogP contribution in [-0.4, -0.2) is 29.0 Å². The molecule has 0 saturated heterocycles. The van der Waals surface area contributed by atoms with Crippen LogP contribution in [0.15, 0.2) is 24.4 Å². The van der Waals surface area contributed by atoms with Gasteiger partial charge in [-0.1, -0.05) is 29.3 Å². The number of ether oxygens (including phenoxy) is 2. The molecule has 0 radical (unpaired) electrons. The summed E-state index contributed by atoms with van der Waals surface area (Å²) in [6.07, 6.45) is 2.68. The van der Waals surface area contributed by atoms with E-state index in [1.807, 2.05) is 19.2 Å². The Bertz CT molecular complexity index is 701. The zero-order chi connectivity index (χ0) is 17.5. The number of carbonyl (C=O) groups excluding carboxylic acids is 1. The van der Waals surface area contributed by atoms with Crippen molar-refractivity contribution in [2.45, 2.75) is 33.2 Å². The zero-order valence-electron chi connectivity index (χ0n) is 13.7. The monoisotopic (exact) mass is 370 g/mol. The Labute approximate surface area is 151 Å². The fourth-order valence-corrected chi connectivity index (χ4v) is 2.72. The molecular formula is C17H20Cl2N2O3. The van der Waals surface area contributed by atoms with Crippen molar-refractivity contribution in [3.05, 3.63) is 45.6 Å². The van der Waals surface area contributed by atoms with Crippen LogP contribution in [-0.2, 0) is 22.5 Å². The van der Waals surface area contributed by atoms with Gasteiger partial charge in [0.15, 0.2) is 0 Å². The molecule has 0 aliphatic rings. The van der Waals surface area contributed by atoms with Crippen LogP contribution in [0, 0.1) is 0 Å². The fourth-order valence-electron chi connectivity index (χ4n) is 2.25. The number of esters is 1. The number of aromatic nitrogens is 2. The number of benzene rings is 1. The van der Waals surface area contributed by atoms with Crippen molar-refractivity contribution in [1.82, 2.24) is 9.78 Å². The van der Waals surface area contributed by atoms with E-state index in [2.05, 4.69) is 5.10 Å². The highest BCUT2D eigenvalue weighted by Crippen LogP contribution is 2.24. The van der Waals surface area contributed by atoms with E-state index in [-0.39, 0.29) is 5.97 Å². The summed E-state index contributed by atoms with van der Waals surface area (Å²) in [6.45, 7) is 5.06. The molecule has 0 N–H and O–H groups in total. The first-order valence-electron chi connectivity index (χ1n) is 7.82. The van der Waals surface area contributed by atoms with Crippen molar-refractivity contribution in [1.29, 1.82) is 0 Å². The van der Waals surface area contributed by atoms with Crippen LogP contribution in [0.4, 0.5) is 0 Å². The lowest BCUT2D eigenvalue weighted by Crippen LogP contribution is -2.05. The van der Waals surface area contributed by atoms with E-state index in [1.54, 1.807) is 23.7 Å². The minimum absolute atomic E-state index is 0.228. The van der Waals surface area contributed by atoms with Crippen molar-refractivity contribution < 1.29 is 14.3 Å². The van der Waals surface area contributed by atoms with Crippen molar-refractivity contribution in [3.63, 3.8) is 0 Å². The Kier molecular flexibility index (Phi) is 6.94. The van der Waals surface area contributed by atoms with Crippen molar-refractivity contribution >= 4 is 29.2 Å². The molecule has 0 amide bonds. The number of aryl methyl sites for hydroxylation is 1. The Morgan fingerprint density at radius 1 is 1.21 bits per heavy atom. The summed E-state index contributed by atoms with van der Waals surface area (Å²) in [7, 11) is 0. The maximum Gasteiger partial charge on any atom is 0.306 e. The van der Waals surface area contributed by atoms with Crippen LogP contribution in [0.1, 0.15) is 31.4 Å². The van der Waals surface area contributed by atoms with Gasteiger partial charge in [0, 0.05) is 28.2 Å². The van der Waals surface area contributed by atoms with Crippen molar-refractivity contribution in [3.8, 4) is 5.88 Å². The molecule has 0 saturated carbocycles. The van der Waals surface area contributed by atoms with Gasteiger partial charge in [-0.05, 0) is 38.0 Å². The smallest absolute Gasteiger partial charge is 0.306 e. The van der Waals surface area contributed by atoms with Gasteiger partial charge in [0.25, 0.3) is 0 Å². The molecule has 7 heteroatoms. The number of nitrogens with zero attached hydrogens (tertiary/aromatic N) is 2. The van der Waals surface area contributed by atoms with Crippen LogP contribution in [0.2, 0.25) is 10.0 Å². The third-order valence-electron chi connectivity index (χ3n) is 3.33. The second-order valence-electron chi connectivity index (χ2n) is 5.13. The summed E-state index contributed by atoms with van der Waals surface area (Å²) >= 11 is 12.1. The standard InChI is InChI=1S/C17H20Cl2N2O3/c1-3-23-16(22)8-6-13-11-21(20-17(13)24-4-2)10-12-5-7-14(18)9-15(12)19/h5,7,9,11H,3-4,6,8,10H2,1-2H3. The molecule has 5 nitrogen and oxygen atoms in total. The molecule has 24 heavy (non-hydrogen) atoms. The van der Waals surface area contributed by atoms with Gasteiger partial charge in [-0.3, -0.25) is 9.48 Å². The van der Waals surface area contributed by atoms with Gasteiger partial charge < -0.3 is 9.47 Å². The maximum absolute atomic E-state index is 11.5. The van der Waals surface area contributed by atoms with Gasteiger partial charge in [0.2, 0.25) is 5.88 Å². The first kappa shape index (κ1) is 18.6. The summed E-state index contributed by atoms with van der Waals surface area (Å²) in [6, 6.07) is 5.36. The highest BCUT2D eigenvalue weighted by Gasteiger charge is 2.13. The van der Waals surface area contributed by atoms with Crippen LogP contribution >= 0.6 is 23.2 Å². The number of halogens is 2. The van der Waals surface area contributed by atoms with Gasteiger partial charge in [0.05, 0.1) is 19.8 Å². The molecule has 1 aromatic heterocycles. The Balaban J connectivity index is 2.13. The number of rotatable bonds is 8. The molecule has 0 spiro atoms. The zero-order valence-corrected chi connectivity index (χ0v) is 15.2. The molecule has 0 atom stereocenters. The number of hydrogen-bond donors (Lipinski definition) is 0. The molecule has 0 aliphatic heterocycles. The summed E-state index contributed by atoms with van der Waals surface area (Å²) in [5.74, 6) is 0.306. The van der Waals surface area contributed by atoms with E-state index >= 15 is 0 Å². The molecule has 1 heterocycles. The summed E-state index contributed by atoms with van der Waals surface area (Å²) in [4.78, 5) is 11.5. The molecule has 2 aromatic rings. The normalized spacial score (nSPS) is 10.7. The predicted octanol–water partition coefficient (Wildman–Crippen LogP) is 4.13. The first-order valence-corrected chi connectivity index (χ1v) is 8.57. The highest BCUT2D eigenvalue weighted by atomic mass is 35.5. The van der Waals surface area contributed by atoms with E-state index in [1.165, 1.54) is 0 Å². The van der Waals surface area contributed by atoms with E-state index in [4.69, 9.17) is 32.7 Å². The average molecular weight is 371 g/mol. The van der Waals surface area contributed by atoms with Crippen LogP contribution in [0.25, 0.3) is 0 Å². The van der Waals surface area contributed by atoms with E-state index in [9.17, 15) is 4.79 Å². The number of hydrogen-bond acceptors (Lipinski definition) is 4. The van der Waals surface area contributed by atoms with Crippen LogP contribution in [0.3, 0.4) is 0 Å². The van der Waals surface area contributed by atoms with Gasteiger partial charge in [0.1, 0.15) is 0 Å². The third kappa shape index (κ3) is 5.14. The van der Waals surface area contributed by atoms with E-state index in [0.29, 0.717) is 48.5 Å². The molecule has 0 fully saturated rings. The molecule has 2 rings (SSSR count). The largest absolute Gasteiger partial charge is 0.477 e. The Morgan fingerprint density at radius 3 is 2.67 bits per heavy atom. The fraction of sp³-hybridized carbons (Fsp3) is 0.412. The first-order chi connectivity index (χ1) is 11.5. The van der Waals surface area contributed by atoms with Crippen molar-refractivity contribution in [2.75, 3.05) is 13.2 Å². The summed E-state index contributed by atoms with van der Waals surface area (Å²) < 4.78 is 12.3. The van der Waals surface area contributed by atoms with E-state index in [0.717, 1.165) is 11.1 Å². The quantitative estimate of drug-likeness (QED) is 0.655. The molecule has 0 bridgehead atoms. The number of carbonyl (C=O) groups is 1. The second-order valence-corrected chi connectivity index (χ2v) is 5.97. The Hall–Kier alpha value is -1.72. The molecule has 0 aliphatic carbocycles. The minimum atomic E-state index is -0.228. The molecule has 130 valence electrons. The second kappa shape index (κ2) is 8.94. The van der Waals surface area contributed by atoms with Crippen LogP contribution < -0.4 is 4.74 Å². The molecule has 1 aromatic carbocycles. The van der Waals surface area contributed by atoms with E-state index < -0.39 is 0 Å². The van der Waals surface area contributed by atoms with Gasteiger partial charge in [-0.2, -0.15) is 0 Å². The van der Waals surface area contributed by atoms with Gasteiger partial charge in [-0.25, -0.2) is 0 Å². The van der Waals surface area contributed by atoms with Crippen molar-refractivity contribution in [2.24, 2.45) is 0 Å². The lowest BCUT2D eigenvalue weighted by atomic mass is 10.2. The van der Waals surface area contributed by atoms with Gasteiger partial charge >= 0.3 is 5.97 Å². The SMILES string of the molecule is CCOC(=O)CCc1cn(Cc2ccc(Cl)cc2Cl)nc1OCC. The lowest BCUT2D eigenvalue weighted by Gasteiger charge is -2.05. The summed E-state index contributed by atoms with van der Waals surface area (Å²) in [5, 5.41) is 5.61. The topological polar surface area (TPSA) is 53.4 Å².